The number of benzene rings is 1. The zero-order chi connectivity index (χ0) is 16.4. The van der Waals surface area contributed by atoms with Gasteiger partial charge in [-0.1, -0.05) is 12.1 Å². The molecule has 5 nitrogen and oxygen atoms in total. The van der Waals surface area contributed by atoms with Crippen LogP contribution in [0.4, 0.5) is 0 Å². The number of ether oxygens (including phenoxy) is 1. The van der Waals surface area contributed by atoms with Crippen LogP contribution in [0, 0.1) is 0 Å². The summed E-state index contributed by atoms with van der Waals surface area (Å²) in [5.74, 6) is 1.90. The SMILES string of the molecule is CCOc1cccc2cc([C@@H](C)N[C@H]3CCC(=O)N(C)C3)oc12. The quantitative estimate of drug-likeness (QED) is 0.921. The Morgan fingerprint density at radius 3 is 3.04 bits per heavy atom. The van der Waals surface area contributed by atoms with Gasteiger partial charge in [0, 0.05) is 31.4 Å². The number of likely N-dealkylation sites (tertiary alicyclic amines) is 1. The Kier molecular flexibility index (Phi) is 4.57. The van der Waals surface area contributed by atoms with E-state index < -0.39 is 0 Å². The van der Waals surface area contributed by atoms with Gasteiger partial charge in [0.05, 0.1) is 12.6 Å². The predicted octanol–water partition coefficient (Wildman–Crippen LogP) is 3.10. The van der Waals surface area contributed by atoms with E-state index in [2.05, 4.69) is 18.3 Å². The molecule has 3 rings (SSSR count). The van der Waals surface area contributed by atoms with Gasteiger partial charge in [0.2, 0.25) is 5.91 Å². The first-order valence-corrected chi connectivity index (χ1v) is 8.23. The fourth-order valence-corrected chi connectivity index (χ4v) is 3.12. The number of carbonyl (C=O) groups is 1. The van der Waals surface area contributed by atoms with Crippen molar-refractivity contribution in [2.45, 2.75) is 38.8 Å². The first kappa shape index (κ1) is 15.9. The fraction of sp³-hybridized carbons (Fsp3) is 0.500. The van der Waals surface area contributed by atoms with E-state index in [1.807, 2.05) is 32.2 Å². The number of para-hydroxylation sites is 1. The molecular formula is C18H24N2O3. The topological polar surface area (TPSA) is 54.7 Å². The van der Waals surface area contributed by atoms with E-state index in [0.29, 0.717) is 19.1 Å². The molecule has 1 aliphatic heterocycles. The lowest BCUT2D eigenvalue weighted by molar-refractivity contribution is -0.132. The number of likely N-dealkylation sites (N-methyl/N-ethyl adjacent to an activating group) is 1. The van der Waals surface area contributed by atoms with Crippen LogP contribution in [0.25, 0.3) is 11.0 Å². The molecule has 23 heavy (non-hydrogen) atoms. The van der Waals surface area contributed by atoms with Gasteiger partial charge in [-0.15, -0.1) is 0 Å². The first-order valence-electron chi connectivity index (χ1n) is 8.23. The van der Waals surface area contributed by atoms with E-state index in [0.717, 1.165) is 35.4 Å². The Bertz CT molecular complexity index is 695. The maximum absolute atomic E-state index is 11.6. The van der Waals surface area contributed by atoms with Crippen LogP contribution in [0.15, 0.2) is 28.7 Å². The summed E-state index contributed by atoms with van der Waals surface area (Å²) in [7, 11) is 1.86. The second-order valence-corrected chi connectivity index (χ2v) is 6.15. The summed E-state index contributed by atoms with van der Waals surface area (Å²) in [6, 6.07) is 8.39. The molecular weight excluding hydrogens is 292 g/mol. The standard InChI is InChI=1S/C18H24N2O3/c1-4-22-15-7-5-6-13-10-16(23-18(13)15)12(2)19-14-8-9-17(21)20(3)11-14/h5-7,10,12,14,19H,4,8-9,11H2,1-3H3/t12-,14+/m1/s1. The Morgan fingerprint density at radius 2 is 2.30 bits per heavy atom. The summed E-state index contributed by atoms with van der Waals surface area (Å²) >= 11 is 0. The monoisotopic (exact) mass is 316 g/mol. The molecule has 5 heteroatoms. The molecule has 2 aromatic rings. The molecule has 0 bridgehead atoms. The van der Waals surface area contributed by atoms with Crippen LogP contribution < -0.4 is 10.1 Å². The van der Waals surface area contributed by atoms with Crippen LogP contribution in [0.5, 0.6) is 5.75 Å². The maximum Gasteiger partial charge on any atom is 0.222 e. The largest absolute Gasteiger partial charge is 0.490 e. The normalized spacial score (nSPS) is 20.0. The zero-order valence-electron chi connectivity index (χ0n) is 14.0. The molecule has 0 radical (unpaired) electrons. The molecule has 0 saturated carbocycles. The molecule has 1 aromatic heterocycles. The molecule has 1 amide bonds. The van der Waals surface area contributed by atoms with Crippen molar-refractivity contribution in [1.82, 2.24) is 10.2 Å². The van der Waals surface area contributed by atoms with Crippen molar-refractivity contribution in [3.8, 4) is 5.75 Å². The van der Waals surface area contributed by atoms with E-state index in [9.17, 15) is 4.79 Å². The van der Waals surface area contributed by atoms with Gasteiger partial charge < -0.3 is 19.4 Å². The van der Waals surface area contributed by atoms with Gasteiger partial charge in [0.25, 0.3) is 0 Å². The van der Waals surface area contributed by atoms with E-state index in [4.69, 9.17) is 9.15 Å². The van der Waals surface area contributed by atoms with Crippen molar-refractivity contribution in [1.29, 1.82) is 0 Å². The minimum atomic E-state index is 0.0866. The van der Waals surface area contributed by atoms with Crippen molar-refractivity contribution in [3.63, 3.8) is 0 Å². The molecule has 2 heterocycles. The highest BCUT2D eigenvalue weighted by Crippen LogP contribution is 2.31. The lowest BCUT2D eigenvalue weighted by Gasteiger charge is -2.31. The van der Waals surface area contributed by atoms with E-state index >= 15 is 0 Å². The Morgan fingerprint density at radius 1 is 1.48 bits per heavy atom. The summed E-state index contributed by atoms with van der Waals surface area (Å²) in [4.78, 5) is 13.4. The average Bonchev–Trinajstić information content (AvgIpc) is 2.97. The van der Waals surface area contributed by atoms with E-state index in [1.165, 1.54) is 0 Å². The van der Waals surface area contributed by atoms with Crippen molar-refractivity contribution in [3.05, 3.63) is 30.0 Å². The van der Waals surface area contributed by atoms with Crippen LogP contribution in [-0.2, 0) is 4.79 Å². The number of nitrogens with zero attached hydrogens (tertiary/aromatic N) is 1. The number of furan rings is 1. The highest BCUT2D eigenvalue weighted by molar-refractivity contribution is 5.83. The minimum Gasteiger partial charge on any atom is -0.490 e. The van der Waals surface area contributed by atoms with Gasteiger partial charge in [-0.2, -0.15) is 0 Å². The number of nitrogens with one attached hydrogen (secondary N) is 1. The van der Waals surface area contributed by atoms with Crippen LogP contribution in [0.1, 0.15) is 38.5 Å². The third-order valence-corrected chi connectivity index (χ3v) is 4.37. The Hall–Kier alpha value is -2.01. The third kappa shape index (κ3) is 3.34. The third-order valence-electron chi connectivity index (χ3n) is 4.37. The summed E-state index contributed by atoms with van der Waals surface area (Å²) in [5.41, 5.74) is 0.800. The summed E-state index contributed by atoms with van der Waals surface area (Å²) in [6.07, 6.45) is 1.48. The molecule has 1 saturated heterocycles. The number of piperidine rings is 1. The second-order valence-electron chi connectivity index (χ2n) is 6.15. The van der Waals surface area contributed by atoms with Gasteiger partial charge in [0.1, 0.15) is 5.76 Å². The average molecular weight is 316 g/mol. The van der Waals surface area contributed by atoms with Crippen molar-refractivity contribution >= 4 is 16.9 Å². The number of amides is 1. The Labute approximate surface area is 136 Å². The Balaban J connectivity index is 1.74. The predicted molar refractivity (Wildman–Crippen MR) is 89.6 cm³/mol. The summed E-state index contributed by atoms with van der Waals surface area (Å²) in [6.45, 7) is 5.42. The van der Waals surface area contributed by atoms with Crippen molar-refractivity contribution < 1.29 is 13.9 Å². The lowest BCUT2D eigenvalue weighted by Crippen LogP contribution is -2.47. The van der Waals surface area contributed by atoms with Gasteiger partial charge in [-0.3, -0.25) is 4.79 Å². The number of hydrogen-bond acceptors (Lipinski definition) is 4. The van der Waals surface area contributed by atoms with Crippen LogP contribution in [0.2, 0.25) is 0 Å². The molecule has 1 N–H and O–H groups in total. The molecule has 1 aromatic carbocycles. The smallest absolute Gasteiger partial charge is 0.222 e. The lowest BCUT2D eigenvalue weighted by atomic mass is 10.0. The summed E-state index contributed by atoms with van der Waals surface area (Å²) < 4.78 is 11.7. The van der Waals surface area contributed by atoms with Gasteiger partial charge in [-0.25, -0.2) is 0 Å². The van der Waals surface area contributed by atoms with E-state index in [1.54, 1.807) is 4.90 Å². The van der Waals surface area contributed by atoms with Gasteiger partial charge in [-0.05, 0) is 32.4 Å². The molecule has 0 spiro atoms. The van der Waals surface area contributed by atoms with Gasteiger partial charge in [0.15, 0.2) is 11.3 Å². The van der Waals surface area contributed by atoms with E-state index in [-0.39, 0.29) is 11.9 Å². The van der Waals surface area contributed by atoms with Crippen LogP contribution in [0.3, 0.4) is 0 Å². The number of fused-ring (bicyclic) bond motifs is 1. The molecule has 1 aliphatic rings. The highest BCUT2D eigenvalue weighted by Gasteiger charge is 2.25. The first-order chi connectivity index (χ1) is 11.1. The van der Waals surface area contributed by atoms with Gasteiger partial charge >= 0.3 is 0 Å². The van der Waals surface area contributed by atoms with Crippen LogP contribution >= 0.6 is 0 Å². The van der Waals surface area contributed by atoms with Crippen molar-refractivity contribution in [2.24, 2.45) is 0 Å². The maximum atomic E-state index is 11.6. The summed E-state index contributed by atoms with van der Waals surface area (Å²) in [5, 5.41) is 4.62. The number of hydrogen-bond donors (Lipinski definition) is 1. The molecule has 0 aliphatic carbocycles. The molecule has 1 fully saturated rings. The van der Waals surface area contributed by atoms with Crippen LogP contribution in [-0.4, -0.2) is 37.0 Å². The number of carbonyl (C=O) groups excluding carboxylic acids is 1. The second kappa shape index (κ2) is 6.62. The fourth-order valence-electron chi connectivity index (χ4n) is 3.12. The van der Waals surface area contributed by atoms with Crippen molar-refractivity contribution in [2.75, 3.05) is 20.2 Å². The molecule has 2 atom stereocenters. The molecule has 124 valence electrons. The highest BCUT2D eigenvalue weighted by atomic mass is 16.5. The zero-order valence-corrected chi connectivity index (χ0v) is 14.0. The molecule has 0 unspecified atom stereocenters. The number of rotatable bonds is 5. The minimum absolute atomic E-state index is 0.0866.